The highest BCUT2D eigenvalue weighted by Crippen LogP contribution is 2.36. The molecule has 0 aromatic heterocycles. The summed E-state index contributed by atoms with van der Waals surface area (Å²) in [7, 11) is 0. The van der Waals surface area contributed by atoms with Crippen molar-refractivity contribution in [3.8, 4) is 0 Å². The Morgan fingerprint density at radius 2 is 1.68 bits per heavy atom. The van der Waals surface area contributed by atoms with Gasteiger partial charge in [-0.2, -0.15) is 13.2 Å². The normalized spacial score (nSPS) is 16.2. The number of rotatable bonds is 3. The molecule has 0 fully saturated rings. The Balaban J connectivity index is 2.98. The van der Waals surface area contributed by atoms with Gasteiger partial charge >= 0.3 is 6.18 Å². The first-order valence-corrected chi connectivity index (χ1v) is 6.13. The minimum absolute atomic E-state index is 0.0938. The van der Waals surface area contributed by atoms with E-state index in [2.05, 4.69) is 0 Å². The minimum Gasteiger partial charge on any atom is -0.388 e. The second kappa shape index (κ2) is 5.51. The summed E-state index contributed by atoms with van der Waals surface area (Å²) < 4.78 is 38.5. The van der Waals surface area contributed by atoms with Gasteiger partial charge in [0.2, 0.25) is 0 Å². The van der Waals surface area contributed by atoms with E-state index < -0.39 is 17.8 Å². The average molecular weight is 275 g/mol. The van der Waals surface area contributed by atoms with E-state index in [1.54, 1.807) is 0 Å². The number of aliphatic hydroxyl groups is 1. The van der Waals surface area contributed by atoms with Crippen LogP contribution in [0.5, 0.6) is 0 Å². The van der Waals surface area contributed by atoms with E-state index in [4.69, 9.17) is 5.73 Å². The molecule has 0 aliphatic heterocycles. The van der Waals surface area contributed by atoms with Crippen molar-refractivity contribution in [2.24, 2.45) is 11.1 Å². The van der Waals surface area contributed by atoms with Crippen molar-refractivity contribution < 1.29 is 18.3 Å². The first-order chi connectivity index (χ1) is 8.53. The number of hydrogen-bond acceptors (Lipinski definition) is 2. The zero-order valence-corrected chi connectivity index (χ0v) is 11.3. The van der Waals surface area contributed by atoms with Crippen molar-refractivity contribution in [3.63, 3.8) is 0 Å². The molecule has 1 aromatic rings. The highest BCUT2D eigenvalue weighted by Gasteiger charge is 2.35. The summed E-state index contributed by atoms with van der Waals surface area (Å²) in [5, 5.41) is 10.0. The highest BCUT2D eigenvalue weighted by molar-refractivity contribution is 5.31. The zero-order chi connectivity index (χ0) is 14.8. The summed E-state index contributed by atoms with van der Waals surface area (Å²) in [6.07, 6.45) is -5.59. The first kappa shape index (κ1) is 16.0. The predicted molar refractivity (Wildman–Crippen MR) is 68.5 cm³/mol. The van der Waals surface area contributed by atoms with E-state index in [1.807, 2.05) is 20.8 Å². The molecule has 0 radical (unpaired) electrons. The van der Waals surface area contributed by atoms with Gasteiger partial charge in [-0.15, -0.1) is 0 Å². The Hall–Kier alpha value is -1.07. The minimum atomic E-state index is -4.47. The molecule has 0 aliphatic rings. The van der Waals surface area contributed by atoms with E-state index in [9.17, 15) is 18.3 Å². The fourth-order valence-electron chi connectivity index (χ4n) is 1.77. The van der Waals surface area contributed by atoms with Crippen molar-refractivity contribution >= 4 is 0 Å². The van der Waals surface area contributed by atoms with Crippen LogP contribution in [0.3, 0.4) is 0 Å². The molecule has 1 aromatic carbocycles. The quantitative estimate of drug-likeness (QED) is 0.886. The molecule has 5 heteroatoms. The lowest BCUT2D eigenvalue weighted by atomic mass is 9.82. The Bertz CT molecular complexity index is 423. The summed E-state index contributed by atoms with van der Waals surface area (Å²) >= 11 is 0. The van der Waals surface area contributed by atoms with Gasteiger partial charge in [-0.25, -0.2) is 0 Å². The van der Waals surface area contributed by atoms with Crippen LogP contribution >= 0.6 is 0 Å². The maximum atomic E-state index is 12.8. The lowest BCUT2D eigenvalue weighted by Gasteiger charge is -2.29. The first-order valence-electron chi connectivity index (χ1n) is 6.13. The van der Waals surface area contributed by atoms with E-state index in [0.29, 0.717) is 0 Å². The number of nitrogens with two attached hydrogens (primary N) is 1. The molecule has 0 saturated heterocycles. The molecule has 0 bridgehead atoms. The summed E-state index contributed by atoms with van der Waals surface area (Å²) in [6.45, 7) is 5.67. The van der Waals surface area contributed by atoms with Gasteiger partial charge in [0.05, 0.1) is 11.7 Å². The van der Waals surface area contributed by atoms with E-state index in [-0.39, 0.29) is 23.4 Å². The monoisotopic (exact) mass is 275 g/mol. The molecule has 0 amide bonds. The number of aliphatic hydroxyl groups excluding tert-OH is 1. The number of hydrogen-bond donors (Lipinski definition) is 2. The van der Waals surface area contributed by atoms with Crippen molar-refractivity contribution in [3.05, 3.63) is 35.4 Å². The molecule has 0 heterocycles. The summed E-state index contributed by atoms with van der Waals surface area (Å²) in [5.41, 5.74) is 4.72. The van der Waals surface area contributed by atoms with Crippen LogP contribution < -0.4 is 5.73 Å². The van der Waals surface area contributed by atoms with E-state index >= 15 is 0 Å². The third-order valence-corrected chi connectivity index (χ3v) is 3.21. The smallest absolute Gasteiger partial charge is 0.388 e. The lowest BCUT2D eigenvalue weighted by Crippen LogP contribution is -2.36. The molecule has 0 unspecified atom stereocenters. The molecular weight excluding hydrogens is 255 g/mol. The Morgan fingerprint density at radius 1 is 1.16 bits per heavy atom. The van der Waals surface area contributed by atoms with Gasteiger partial charge in [0, 0.05) is 6.04 Å². The predicted octanol–water partition coefficient (Wildman–Crippen LogP) is 3.50. The van der Waals surface area contributed by atoms with Crippen LogP contribution in [0.2, 0.25) is 0 Å². The van der Waals surface area contributed by atoms with Crippen LogP contribution in [0.25, 0.3) is 0 Å². The second-order valence-electron chi connectivity index (χ2n) is 5.81. The Kier molecular flexibility index (Phi) is 4.63. The van der Waals surface area contributed by atoms with Crippen molar-refractivity contribution in [1.29, 1.82) is 0 Å². The highest BCUT2D eigenvalue weighted by atomic mass is 19.4. The maximum Gasteiger partial charge on any atom is 0.416 e. The van der Waals surface area contributed by atoms with Gasteiger partial charge in [0.25, 0.3) is 0 Å². The molecule has 2 atom stereocenters. The zero-order valence-electron chi connectivity index (χ0n) is 11.3. The molecule has 108 valence electrons. The summed E-state index contributed by atoms with van der Waals surface area (Å²) in [4.78, 5) is 0. The molecule has 2 nitrogen and oxygen atoms in total. The van der Waals surface area contributed by atoms with Gasteiger partial charge in [-0.3, -0.25) is 0 Å². The van der Waals surface area contributed by atoms with Gasteiger partial charge in [-0.05, 0) is 23.5 Å². The van der Waals surface area contributed by atoms with Crippen LogP contribution in [0.1, 0.15) is 44.4 Å². The SMILES string of the molecule is CC(C)(C)[C@H](N)C[C@H](O)c1ccccc1C(F)(F)F. The molecule has 3 N–H and O–H groups in total. The van der Waals surface area contributed by atoms with Gasteiger partial charge < -0.3 is 10.8 Å². The number of alkyl halides is 3. The fourth-order valence-corrected chi connectivity index (χ4v) is 1.77. The topological polar surface area (TPSA) is 46.2 Å². The van der Waals surface area contributed by atoms with Crippen molar-refractivity contribution in [2.75, 3.05) is 0 Å². The third kappa shape index (κ3) is 4.21. The fraction of sp³-hybridized carbons (Fsp3) is 0.571. The number of halogens is 3. The van der Waals surface area contributed by atoms with Crippen LogP contribution in [0, 0.1) is 5.41 Å². The maximum absolute atomic E-state index is 12.8. The van der Waals surface area contributed by atoms with E-state index in [0.717, 1.165) is 6.07 Å². The van der Waals surface area contributed by atoms with Crippen LogP contribution in [-0.2, 0) is 6.18 Å². The number of benzene rings is 1. The molecule has 0 spiro atoms. The Labute approximate surface area is 111 Å². The molecule has 1 rings (SSSR count). The summed E-state index contributed by atoms with van der Waals surface area (Å²) in [5.74, 6) is 0. The van der Waals surface area contributed by atoms with Crippen molar-refractivity contribution in [1.82, 2.24) is 0 Å². The third-order valence-electron chi connectivity index (χ3n) is 3.21. The lowest BCUT2D eigenvalue weighted by molar-refractivity contribution is -0.139. The van der Waals surface area contributed by atoms with Crippen LogP contribution in [-0.4, -0.2) is 11.1 Å². The molecule has 0 aliphatic carbocycles. The van der Waals surface area contributed by atoms with Crippen LogP contribution in [0.15, 0.2) is 24.3 Å². The van der Waals surface area contributed by atoms with Crippen molar-refractivity contribution in [2.45, 2.75) is 45.5 Å². The largest absolute Gasteiger partial charge is 0.416 e. The molecular formula is C14H20F3NO. The Morgan fingerprint density at radius 3 is 2.16 bits per heavy atom. The second-order valence-corrected chi connectivity index (χ2v) is 5.81. The van der Waals surface area contributed by atoms with Gasteiger partial charge in [0.15, 0.2) is 0 Å². The molecule has 19 heavy (non-hydrogen) atoms. The molecule has 0 saturated carbocycles. The van der Waals surface area contributed by atoms with Crippen LogP contribution in [0.4, 0.5) is 13.2 Å². The summed E-state index contributed by atoms with van der Waals surface area (Å²) in [6, 6.07) is 4.67. The van der Waals surface area contributed by atoms with Gasteiger partial charge in [0.1, 0.15) is 0 Å². The standard InChI is InChI=1S/C14H20F3NO/c1-13(2,3)12(18)8-11(19)9-6-4-5-7-10(9)14(15,16)17/h4-7,11-12,19H,8,18H2,1-3H3/t11-,12+/m0/s1. The van der Waals surface area contributed by atoms with E-state index in [1.165, 1.54) is 18.2 Å². The van der Waals surface area contributed by atoms with Gasteiger partial charge in [-0.1, -0.05) is 39.0 Å². The average Bonchev–Trinajstić information content (AvgIpc) is 2.26.